The first-order valence-electron chi connectivity index (χ1n) is 7.05. The zero-order chi connectivity index (χ0) is 12.4. The molecule has 0 atom stereocenters. The molecule has 0 amide bonds. The summed E-state index contributed by atoms with van der Waals surface area (Å²) in [5.41, 5.74) is -0.445. The molecule has 3 saturated heterocycles. The zero-order valence-electron chi connectivity index (χ0n) is 10.8. The molecule has 4 heterocycles. The average molecular weight is 326 g/mol. The fourth-order valence-corrected chi connectivity index (χ4v) is 12.3. The second kappa shape index (κ2) is 5.53. The van der Waals surface area contributed by atoms with E-state index < -0.39 is 5.51 Å². The molecule has 0 radical (unpaired) electrons. The quantitative estimate of drug-likeness (QED) is 0.532. The molecule has 4 aliphatic heterocycles. The van der Waals surface area contributed by atoms with E-state index in [-0.39, 0.29) is 0 Å². The normalized spacial score (nSPS) is 43.0. The molecule has 0 unspecified atom stereocenters. The molecule has 18 heavy (non-hydrogen) atoms. The van der Waals surface area contributed by atoms with E-state index >= 15 is 0 Å². The molecule has 0 aromatic rings. The molecule has 1 aliphatic carbocycles. The molecule has 98 valence electrons. The van der Waals surface area contributed by atoms with E-state index in [1.807, 2.05) is 36.7 Å². The van der Waals surface area contributed by atoms with Crippen LogP contribution in [0.25, 0.3) is 0 Å². The van der Waals surface area contributed by atoms with Crippen molar-refractivity contribution in [1.29, 1.82) is 0 Å². The van der Waals surface area contributed by atoms with Gasteiger partial charge < -0.3 is 5.32 Å². The van der Waals surface area contributed by atoms with Crippen molar-refractivity contribution < 1.29 is 0 Å². The molecule has 0 aromatic carbocycles. The Labute approximate surface area is 118 Å². The van der Waals surface area contributed by atoms with Gasteiger partial charge in [0.15, 0.2) is 0 Å². The molecule has 1 nitrogen and oxygen atoms in total. The van der Waals surface area contributed by atoms with Crippen molar-refractivity contribution in [3.63, 3.8) is 0 Å². The standard InChI is InChI=1S/C9H15PSe.C6H7N/c11-10-4-7-1-8(5-10)3-9(2-7)6-10;1-2-4-6-7-5-3-1/h7-9H,1-6H2;1-7H. The van der Waals surface area contributed by atoms with Crippen LogP contribution in [0.4, 0.5) is 0 Å². The van der Waals surface area contributed by atoms with E-state index in [1.54, 1.807) is 37.7 Å². The summed E-state index contributed by atoms with van der Waals surface area (Å²) in [7, 11) is 0. The summed E-state index contributed by atoms with van der Waals surface area (Å²) in [5, 5.41) is 2.92. The summed E-state index contributed by atoms with van der Waals surface area (Å²) in [6.45, 7) is 0. The Morgan fingerprint density at radius 1 is 0.778 bits per heavy atom. The van der Waals surface area contributed by atoms with E-state index in [1.165, 1.54) is 0 Å². The topological polar surface area (TPSA) is 12.0 Å². The van der Waals surface area contributed by atoms with Crippen LogP contribution in [0.5, 0.6) is 0 Å². The maximum atomic E-state index is 3.60. The van der Waals surface area contributed by atoms with E-state index in [0.29, 0.717) is 0 Å². The van der Waals surface area contributed by atoms with Gasteiger partial charge in [0.1, 0.15) is 0 Å². The van der Waals surface area contributed by atoms with Gasteiger partial charge in [-0.25, -0.2) is 0 Å². The minimum absolute atomic E-state index is 0.445. The molecule has 5 aliphatic rings. The Kier molecular flexibility index (Phi) is 3.99. The van der Waals surface area contributed by atoms with Crippen LogP contribution < -0.4 is 5.32 Å². The summed E-state index contributed by atoms with van der Waals surface area (Å²) >= 11 is 3.60. The van der Waals surface area contributed by atoms with Crippen molar-refractivity contribution >= 4 is 20.6 Å². The van der Waals surface area contributed by atoms with Gasteiger partial charge in [-0.05, 0) is 12.2 Å². The van der Waals surface area contributed by atoms with Gasteiger partial charge in [-0.3, -0.25) is 0 Å². The van der Waals surface area contributed by atoms with Crippen LogP contribution in [0.3, 0.4) is 0 Å². The first-order valence-corrected chi connectivity index (χ1v) is 11.6. The van der Waals surface area contributed by atoms with Gasteiger partial charge in [-0.2, -0.15) is 0 Å². The fourth-order valence-electron chi connectivity index (χ4n) is 4.19. The van der Waals surface area contributed by atoms with Gasteiger partial charge in [0, 0.05) is 12.4 Å². The van der Waals surface area contributed by atoms with Crippen LogP contribution in [-0.4, -0.2) is 33.6 Å². The van der Waals surface area contributed by atoms with Crippen molar-refractivity contribution in [2.45, 2.75) is 19.3 Å². The van der Waals surface area contributed by atoms with Crippen LogP contribution in [-0.2, 0) is 0 Å². The van der Waals surface area contributed by atoms with Crippen LogP contribution in [0.15, 0.2) is 36.7 Å². The summed E-state index contributed by atoms with van der Waals surface area (Å²) in [5.74, 6) is 3.49. The molecule has 3 heteroatoms. The third-order valence-corrected chi connectivity index (χ3v) is 10.9. The molecule has 1 N–H and O–H groups in total. The third-order valence-electron chi connectivity index (χ3n) is 4.49. The third kappa shape index (κ3) is 3.10. The first-order chi connectivity index (χ1) is 8.73. The Hall–Kier alpha value is -0.0305. The van der Waals surface area contributed by atoms with Gasteiger partial charge in [-0.1, -0.05) is 12.2 Å². The van der Waals surface area contributed by atoms with Crippen molar-refractivity contribution in [2.24, 2.45) is 17.8 Å². The van der Waals surface area contributed by atoms with Crippen LogP contribution in [0, 0.1) is 17.8 Å². The van der Waals surface area contributed by atoms with Crippen LogP contribution >= 0.6 is 5.51 Å². The maximum absolute atomic E-state index is 3.60. The molecule has 0 spiro atoms. The number of hydrogen-bond acceptors (Lipinski definition) is 1. The minimum atomic E-state index is -0.445. The molecule has 1 saturated carbocycles. The summed E-state index contributed by atoms with van der Waals surface area (Å²) in [6.07, 6.45) is 21.2. The Balaban J connectivity index is 0.000000125. The van der Waals surface area contributed by atoms with E-state index in [9.17, 15) is 0 Å². The van der Waals surface area contributed by atoms with E-state index in [2.05, 4.69) is 20.4 Å². The SMILES string of the molecule is C1=CC=CNC=C1.[Se]=P12CC3CC(CC(C3)C1)C2. The average Bonchev–Trinajstić information content (AvgIpc) is 2.57. The van der Waals surface area contributed by atoms with Crippen LogP contribution in [0.1, 0.15) is 19.3 Å². The molecular weight excluding hydrogens is 304 g/mol. The van der Waals surface area contributed by atoms with Gasteiger partial charge in [0.2, 0.25) is 0 Å². The zero-order valence-corrected chi connectivity index (χ0v) is 13.4. The van der Waals surface area contributed by atoms with Gasteiger partial charge >= 0.3 is 76.1 Å². The molecule has 4 bridgehead atoms. The Bertz CT molecular complexity index is 380. The van der Waals surface area contributed by atoms with Gasteiger partial charge in [0.05, 0.1) is 0 Å². The summed E-state index contributed by atoms with van der Waals surface area (Å²) < 4.78 is 0. The summed E-state index contributed by atoms with van der Waals surface area (Å²) in [6, 6.07) is 0. The summed E-state index contributed by atoms with van der Waals surface area (Å²) in [4.78, 5) is 0. The van der Waals surface area contributed by atoms with Crippen molar-refractivity contribution in [3.8, 4) is 0 Å². The van der Waals surface area contributed by atoms with Gasteiger partial charge in [0.25, 0.3) is 0 Å². The first kappa shape index (κ1) is 13.0. The second-order valence-corrected chi connectivity index (χ2v) is 14.3. The molecular formula is C15H22NPSe. The van der Waals surface area contributed by atoms with E-state index in [4.69, 9.17) is 0 Å². The number of allylic oxidation sites excluding steroid dienone is 4. The van der Waals surface area contributed by atoms with Crippen LogP contribution in [0.2, 0.25) is 0 Å². The van der Waals surface area contributed by atoms with Crippen molar-refractivity contribution in [1.82, 2.24) is 5.32 Å². The number of nitrogens with one attached hydrogen (secondary N) is 1. The molecule has 5 rings (SSSR count). The fraction of sp³-hybridized carbons (Fsp3) is 0.600. The second-order valence-electron chi connectivity index (χ2n) is 6.18. The number of hydrogen-bond donors (Lipinski definition) is 1. The van der Waals surface area contributed by atoms with Crippen molar-refractivity contribution in [2.75, 3.05) is 18.5 Å². The predicted molar refractivity (Wildman–Crippen MR) is 82.2 cm³/mol. The monoisotopic (exact) mass is 327 g/mol. The number of rotatable bonds is 0. The Morgan fingerprint density at radius 2 is 1.22 bits per heavy atom. The van der Waals surface area contributed by atoms with Gasteiger partial charge in [-0.15, -0.1) is 0 Å². The predicted octanol–water partition coefficient (Wildman–Crippen LogP) is 3.32. The molecule has 4 fully saturated rings. The molecule has 0 aromatic heterocycles. The van der Waals surface area contributed by atoms with E-state index in [0.717, 1.165) is 17.8 Å². The Morgan fingerprint density at radius 3 is 1.61 bits per heavy atom. The van der Waals surface area contributed by atoms with Crippen molar-refractivity contribution in [3.05, 3.63) is 36.7 Å².